The zero-order valence-electron chi connectivity index (χ0n) is 20.8. The van der Waals surface area contributed by atoms with Gasteiger partial charge in [0.1, 0.15) is 0 Å². The number of fused-ring (bicyclic) bond motifs is 1. The van der Waals surface area contributed by atoms with Crippen molar-refractivity contribution in [3.05, 3.63) is 82.4 Å². The van der Waals surface area contributed by atoms with Crippen LogP contribution in [0.4, 0.5) is 5.69 Å². The van der Waals surface area contributed by atoms with Crippen LogP contribution < -0.4 is 19.1 Å². The van der Waals surface area contributed by atoms with Crippen molar-refractivity contribution in [2.24, 2.45) is 0 Å². The number of carbonyl (C=O) groups excluding carboxylic acids is 3. The SMILES string of the molecule is COc1cc(C(=O)N(CCCCN2C(=O)c3ccccc3C2=O)c2ccc(Cl)cc2)cc(OC)c1OC. The molecule has 3 aromatic carbocycles. The highest BCUT2D eigenvalue weighted by Crippen LogP contribution is 2.39. The summed E-state index contributed by atoms with van der Waals surface area (Å²) in [5, 5.41) is 0.551. The Hall–Kier alpha value is -4.04. The van der Waals surface area contributed by atoms with Crippen molar-refractivity contribution in [2.45, 2.75) is 12.8 Å². The third-order valence-electron chi connectivity index (χ3n) is 6.19. The van der Waals surface area contributed by atoms with Crippen molar-refractivity contribution in [3.8, 4) is 17.2 Å². The van der Waals surface area contributed by atoms with Crippen LogP contribution in [0.2, 0.25) is 5.02 Å². The van der Waals surface area contributed by atoms with Gasteiger partial charge in [0.25, 0.3) is 17.7 Å². The predicted molar refractivity (Wildman–Crippen MR) is 140 cm³/mol. The number of hydrogen-bond acceptors (Lipinski definition) is 6. The monoisotopic (exact) mass is 522 g/mol. The minimum Gasteiger partial charge on any atom is -0.493 e. The summed E-state index contributed by atoms with van der Waals surface area (Å²) in [6, 6.07) is 17.0. The van der Waals surface area contributed by atoms with E-state index in [1.165, 1.54) is 26.2 Å². The summed E-state index contributed by atoms with van der Waals surface area (Å²) >= 11 is 6.07. The van der Waals surface area contributed by atoms with Crippen LogP contribution in [0, 0.1) is 0 Å². The molecule has 0 spiro atoms. The summed E-state index contributed by atoms with van der Waals surface area (Å²) in [6.07, 6.45) is 1.07. The first kappa shape index (κ1) is 26.0. The number of unbranched alkanes of at least 4 members (excludes halogenated alkanes) is 1. The predicted octanol–water partition coefficient (Wildman–Crippen LogP) is 5.09. The van der Waals surface area contributed by atoms with E-state index < -0.39 is 0 Å². The van der Waals surface area contributed by atoms with Gasteiger partial charge in [-0.2, -0.15) is 0 Å². The Labute approximate surface area is 220 Å². The Balaban J connectivity index is 1.52. The van der Waals surface area contributed by atoms with Crippen molar-refractivity contribution >= 4 is 35.0 Å². The molecule has 0 aliphatic carbocycles. The van der Waals surface area contributed by atoms with Crippen LogP contribution in [0.15, 0.2) is 60.7 Å². The number of rotatable bonds is 10. The second kappa shape index (κ2) is 11.3. The van der Waals surface area contributed by atoms with E-state index in [4.69, 9.17) is 25.8 Å². The lowest BCUT2D eigenvalue weighted by molar-refractivity contribution is 0.0651. The summed E-state index contributed by atoms with van der Waals surface area (Å²) in [5.74, 6) is 0.272. The van der Waals surface area contributed by atoms with E-state index in [0.717, 1.165) is 0 Å². The summed E-state index contributed by atoms with van der Waals surface area (Å²) in [7, 11) is 4.47. The number of anilines is 1. The van der Waals surface area contributed by atoms with Crippen molar-refractivity contribution < 1.29 is 28.6 Å². The number of carbonyl (C=O) groups is 3. The first-order valence-electron chi connectivity index (χ1n) is 11.7. The number of halogens is 1. The van der Waals surface area contributed by atoms with E-state index in [9.17, 15) is 14.4 Å². The molecule has 0 saturated carbocycles. The highest BCUT2D eigenvalue weighted by molar-refractivity contribution is 6.30. The van der Waals surface area contributed by atoms with Crippen molar-refractivity contribution in [1.29, 1.82) is 0 Å². The van der Waals surface area contributed by atoms with Gasteiger partial charge in [-0.15, -0.1) is 0 Å². The molecule has 0 aromatic heterocycles. The van der Waals surface area contributed by atoms with Crippen molar-refractivity contribution in [2.75, 3.05) is 39.3 Å². The van der Waals surface area contributed by atoms with Gasteiger partial charge in [-0.25, -0.2) is 0 Å². The Morgan fingerprint density at radius 2 is 1.41 bits per heavy atom. The van der Waals surface area contributed by atoms with Crippen LogP contribution in [-0.4, -0.2) is 57.0 Å². The van der Waals surface area contributed by atoms with Gasteiger partial charge < -0.3 is 19.1 Å². The molecular formula is C28H27ClN2O6. The number of benzene rings is 3. The maximum Gasteiger partial charge on any atom is 0.261 e. The van der Waals surface area contributed by atoms with Crippen LogP contribution in [0.25, 0.3) is 0 Å². The Morgan fingerprint density at radius 3 is 1.92 bits per heavy atom. The van der Waals surface area contributed by atoms with Crippen LogP contribution in [0.1, 0.15) is 43.9 Å². The number of amides is 3. The molecule has 0 fully saturated rings. The first-order valence-corrected chi connectivity index (χ1v) is 12.1. The average molecular weight is 523 g/mol. The summed E-state index contributed by atoms with van der Waals surface area (Å²) in [4.78, 5) is 41.9. The van der Waals surface area contributed by atoms with Gasteiger partial charge in [-0.3, -0.25) is 19.3 Å². The normalized spacial score (nSPS) is 12.4. The van der Waals surface area contributed by atoms with Gasteiger partial charge in [0, 0.05) is 29.4 Å². The molecule has 0 unspecified atom stereocenters. The molecule has 0 bridgehead atoms. The highest BCUT2D eigenvalue weighted by atomic mass is 35.5. The number of imide groups is 1. The highest BCUT2D eigenvalue weighted by Gasteiger charge is 2.34. The fourth-order valence-corrected chi connectivity index (χ4v) is 4.44. The zero-order chi connectivity index (χ0) is 26.5. The van der Waals surface area contributed by atoms with Gasteiger partial charge in [0.2, 0.25) is 5.75 Å². The largest absolute Gasteiger partial charge is 0.493 e. The van der Waals surface area contributed by atoms with E-state index in [1.807, 2.05) is 0 Å². The van der Waals surface area contributed by atoms with Crippen molar-refractivity contribution in [3.63, 3.8) is 0 Å². The summed E-state index contributed by atoms with van der Waals surface area (Å²) < 4.78 is 16.2. The molecule has 8 nitrogen and oxygen atoms in total. The molecule has 9 heteroatoms. The van der Waals surface area contributed by atoms with E-state index in [1.54, 1.807) is 65.6 Å². The maximum absolute atomic E-state index is 13.7. The van der Waals surface area contributed by atoms with Gasteiger partial charge >= 0.3 is 0 Å². The van der Waals surface area contributed by atoms with Crippen LogP contribution in [0.3, 0.4) is 0 Å². The Morgan fingerprint density at radius 1 is 0.838 bits per heavy atom. The van der Waals surface area contributed by atoms with Gasteiger partial charge in [-0.05, 0) is 61.4 Å². The van der Waals surface area contributed by atoms with Gasteiger partial charge in [0.05, 0.1) is 32.5 Å². The quantitative estimate of drug-likeness (QED) is 0.272. The van der Waals surface area contributed by atoms with Gasteiger partial charge in [-0.1, -0.05) is 23.7 Å². The Kier molecular flexibility index (Phi) is 7.98. The first-order chi connectivity index (χ1) is 17.9. The molecule has 192 valence electrons. The van der Waals surface area contributed by atoms with Crippen LogP contribution >= 0.6 is 11.6 Å². The second-order valence-corrected chi connectivity index (χ2v) is 8.80. The second-order valence-electron chi connectivity index (χ2n) is 8.36. The fourth-order valence-electron chi connectivity index (χ4n) is 4.31. The smallest absolute Gasteiger partial charge is 0.261 e. The lowest BCUT2D eigenvalue weighted by atomic mass is 10.1. The molecule has 3 aromatic rings. The molecule has 4 rings (SSSR count). The van der Waals surface area contributed by atoms with E-state index in [2.05, 4.69) is 0 Å². The number of nitrogens with zero attached hydrogens (tertiary/aromatic N) is 2. The molecule has 1 aliphatic heterocycles. The lowest BCUT2D eigenvalue weighted by Gasteiger charge is -2.24. The van der Waals surface area contributed by atoms with Crippen LogP contribution in [0.5, 0.6) is 17.2 Å². The van der Waals surface area contributed by atoms with E-state index in [0.29, 0.717) is 64.0 Å². The molecule has 0 atom stereocenters. The lowest BCUT2D eigenvalue weighted by Crippen LogP contribution is -2.34. The summed E-state index contributed by atoms with van der Waals surface area (Å²) in [6.45, 7) is 0.611. The molecular weight excluding hydrogens is 496 g/mol. The minimum absolute atomic E-state index is 0.263. The third kappa shape index (κ3) is 5.24. The van der Waals surface area contributed by atoms with E-state index >= 15 is 0 Å². The molecule has 1 heterocycles. The molecule has 0 N–H and O–H groups in total. The molecule has 1 aliphatic rings. The summed E-state index contributed by atoms with van der Waals surface area (Å²) in [5.41, 5.74) is 1.86. The molecule has 3 amide bonds. The maximum atomic E-state index is 13.7. The van der Waals surface area contributed by atoms with Crippen molar-refractivity contribution in [1.82, 2.24) is 4.90 Å². The molecule has 0 radical (unpaired) electrons. The van der Waals surface area contributed by atoms with Gasteiger partial charge in [0.15, 0.2) is 11.5 Å². The third-order valence-corrected chi connectivity index (χ3v) is 6.44. The fraction of sp³-hybridized carbons (Fsp3) is 0.250. The number of methoxy groups -OCH3 is 3. The number of hydrogen-bond donors (Lipinski definition) is 0. The average Bonchev–Trinajstić information content (AvgIpc) is 3.17. The van der Waals surface area contributed by atoms with E-state index in [-0.39, 0.29) is 24.3 Å². The molecule has 37 heavy (non-hydrogen) atoms. The zero-order valence-corrected chi connectivity index (χ0v) is 21.6. The Bertz CT molecular complexity index is 1260. The standard InChI is InChI=1S/C28H27ClN2O6/c1-35-23-16-18(17-24(36-2)25(23)37-3)26(32)30(20-12-10-19(29)11-13-20)14-6-7-15-31-27(33)21-8-4-5-9-22(21)28(31)34/h4-5,8-13,16-17H,6-7,14-15H2,1-3H3. The number of ether oxygens (including phenoxy) is 3. The minimum atomic E-state index is -0.288. The van der Waals surface area contributed by atoms with Crippen LogP contribution in [-0.2, 0) is 0 Å². The molecule has 0 saturated heterocycles. The topological polar surface area (TPSA) is 85.4 Å².